The number of amides is 1. The van der Waals surface area contributed by atoms with Gasteiger partial charge >= 0.3 is 0 Å². The molecule has 6 heteroatoms. The van der Waals surface area contributed by atoms with Crippen molar-refractivity contribution in [3.05, 3.63) is 28.3 Å². The van der Waals surface area contributed by atoms with Crippen LogP contribution in [-0.2, 0) is 16.0 Å². The van der Waals surface area contributed by atoms with E-state index in [-0.39, 0.29) is 5.91 Å². The Morgan fingerprint density at radius 1 is 1.41 bits per heavy atom. The van der Waals surface area contributed by atoms with E-state index in [1.54, 1.807) is 13.2 Å². The van der Waals surface area contributed by atoms with Crippen LogP contribution in [0.15, 0.2) is 12.1 Å². The van der Waals surface area contributed by atoms with Crippen molar-refractivity contribution in [1.29, 1.82) is 0 Å². The highest BCUT2D eigenvalue weighted by Crippen LogP contribution is 2.27. The Balaban J connectivity index is 1.80. The molecule has 1 aliphatic rings. The lowest BCUT2D eigenvalue weighted by Gasteiger charge is -2.26. The summed E-state index contributed by atoms with van der Waals surface area (Å²) in [6.45, 7) is 6.88. The zero-order valence-corrected chi connectivity index (χ0v) is 13.9. The molecule has 0 aliphatic carbocycles. The number of carbonyl (C=O) groups is 1. The van der Waals surface area contributed by atoms with Crippen LogP contribution in [0.4, 0.5) is 0 Å². The van der Waals surface area contributed by atoms with Gasteiger partial charge in [0.25, 0.3) is 0 Å². The third kappa shape index (κ3) is 4.87. The second kappa shape index (κ2) is 8.36. The topological polar surface area (TPSA) is 50.8 Å². The second-order valence-electron chi connectivity index (χ2n) is 5.39. The van der Waals surface area contributed by atoms with Crippen molar-refractivity contribution in [2.75, 3.05) is 46.5 Å². The molecule has 0 unspecified atom stereocenters. The van der Waals surface area contributed by atoms with E-state index >= 15 is 0 Å². The standard InChI is InChI=1S/C16H23ClN2O3/c1-12-9-15(21-2)14(17)10-13(12)11-16(20)18-3-4-19-5-7-22-8-6-19/h9-10H,3-8,11H2,1-2H3,(H,18,20). The number of nitrogens with zero attached hydrogens (tertiary/aromatic N) is 1. The van der Waals surface area contributed by atoms with Crippen LogP contribution in [0, 0.1) is 6.92 Å². The Kier molecular flexibility index (Phi) is 6.49. The van der Waals surface area contributed by atoms with Crippen molar-refractivity contribution in [1.82, 2.24) is 10.2 Å². The van der Waals surface area contributed by atoms with Crippen molar-refractivity contribution in [2.45, 2.75) is 13.3 Å². The average molecular weight is 327 g/mol. The smallest absolute Gasteiger partial charge is 0.224 e. The number of rotatable bonds is 6. The lowest BCUT2D eigenvalue weighted by atomic mass is 10.0. The minimum absolute atomic E-state index is 0.0117. The van der Waals surface area contributed by atoms with Gasteiger partial charge in [0.1, 0.15) is 5.75 Å². The molecule has 0 atom stereocenters. The van der Waals surface area contributed by atoms with Crippen LogP contribution in [0.25, 0.3) is 0 Å². The zero-order chi connectivity index (χ0) is 15.9. The SMILES string of the molecule is COc1cc(C)c(CC(=O)NCCN2CCOCC2)cc1Cl. The first-order valence-electron chi connectivity index (χ1n) is 7.50. The number of carbonyl (C=O) groups excluding carboxylic acids is 1. The quantitative estimate of drug-likeness (QED) is 0.863. The Hall–Kier alpha value is -1.30. The van der Waals surface area contributed by atoms with Gasteiger partial charge in [-0.15, -0.1) is 0 Å². The third-order valence-electron chi connectivity index (χ3n) is 3.82. The van der Waals surface area contributed by atoms with E-state index in [1.807, 2.05) is 13.0 Å². The van der Waals surface area contributed by atoms with E-state index in [0.29, 0.717) is 23.7 Å². The van der Waals surface area contributed by atoms with Crippen LogP contribution in [0.1, 0.15) is 11.1 Å². The van der Waals surface area contributed by atoms with E-state index in [1.165, 1.54) is 0 Å². The van der Waals surface area contributed by atoms with Gasteiger partial charge in [-0.2, -0.15) is 0 Å². The van der Waals surface area contributed by atoms with Gasteiger partial charge in [-0.05, 0) is 30.2 Å². The minimum atomic E-state index is 0.0117. The largest absolute Gasteiger partial charge is 0.495 e. The molecular weight excluding hydrogens is 304 g/mol. The number of hydrogen-bond donors (Lipinski definition) is 1. The van der Waals surface area contributed by atoms with Gasteiger partial charge in [0.05, 0.1) is 31.8 Å². The van der Waals surface area contributed by atoms with Gasteiger partial charge in [0.2, 0.25) is 5.91 Å². The molecule has 1 N–H and O–H groups in total. The molecule has 0 aromatic heterocycles. The predicted molar refractivity (Wildman–Crippen MR) is 86.7 cm³/mol. The fraction of sp³-hybridized carbons (Fsp3) is 0.562. The molecule has 22 heavy (non-hydrogen) atoms. The predicted octanol–water partition coefficient (Wildman–Crippen LogP) is 1.65. The van der Waals surface area contributed by atoms with E-state index in [9.17, 15) is 4.79 Å². The summed E-state index contributed by atoms with van der Waals surface area (Å²) >= 11 is 6.12. The Morgan fingerprint density at radius 3 is 2.82 bits per heavy atom. The monoisotopic (exact) mass is 326 g/mol. The number of halogens is 1. The fourth-order valence-corrected chi connectivity index (χ4v) is 2.72. The van der Waals surface area contributed by atoms with Gasteiger partial charge < -0.3 is 14.8 Å². The summed E-state index contributed by atoms with van der Waals surface area (Å²) in [6, 6.07) is 3.66. The number of morpholine rings is 1. The molecule has 1 heterocycles. The number of nitrogens with one attached hydrogen (secondary N) is 1. The molecule has 1 aromatic rings. The first-order chi connectivity index (χ1) is 10.6. The average Bonchev–Trinajstić information content (AvgIpc) is 2.51. The molecule has 1 amide bonds. The molecule has 2 rings (SSSR count). The van der Waals surface area contributed by atoms with Crippen LogP contribution in [0.5, 0.6) is 5.75 Å². The van der Waals surface area contributed by atoms with E-state index < -0.39 is 0 Å². The summed E-state index contributed by atoms with van der Waals surface area (Å²) in [6.07, 6.45) is 0.332. The maximum Gasteiger partial charge on any atom is 0.224 e. The lowest BCUT2D eigenvalue weighted by molar-refractivity contribution is -0.120. The molecule has 1 saturated heterocycles. The van der Waals surface area contributed by atoms with Crippen LogP contribution in [0.3, 0.4) is 0 Å². The molecule has 1 aromatic carbocycles. The van der Waals surface area contributed by atoms with Crippen LogP contribution in [0.2, 0.25) is 5.02 Å². The molecule has 5 nitrogen and oxygen atoms in total. The zero-order valence-electron chi connectivity index (χ0n) is 13.2. The number of methoxy groups -OCH3 is 1. The maximum atomic E-state index is 12.0. The number of benzene rings is 1. The van der Waals surface area contributed by atoms with Gasteiger partial charge in [0.15, 0.2) is 0 Å². The number of ether oxygens (including phenoxy) is 2. The maximum absolute atomic E-state index is 12.0. The van der Waals surface area contributed by atoms with Crippen LogP contribution >= 0.6 is 11.6 Å². The molecule has 0 bridgehead atoms. The normalized spacial score (nSPS) is 15.6. The lowest BCUT2D eigenvalue weighted by Crippen LogP contribution is -2.41. The van der Waals surface area contributed by atoms with Gasteiger partial charge in [-0.1, -0.05) is 11.6 Å². The summed E-state index contributed by atoms with van der Waals surface area (Å²) in [7, 11) is 1.58. The van der Waals surface area contributed by atoms with Crippen molar-refractivity contribution >= 4 is 17.5 Å². The first kappa shape index (κ1) is 17.1. The van der Waals surface area contributed by atoms with Gasteiger partial charge in [-0.3, -0.25) is 9.69 Å². The Labute approximate surface area is 136 Å². The highest BCUT2D eigenvalue weighted by atomic mass is 35.5. The summed E-state index contributed by atoms with van der Waals surface area (Å²) in [5.41, 5.74) is 1.93. The second-order valence-corrected chi connectivity index (χ2v) is 5.80. The summed E-state index contributed by atoms with van der Waals surface area (Å²) in [5, 5.41) is 3.49. The molecule has 1 aliphatic heterocycles. The van der Waals surface area contributed by atoms with Crippen LogP contribution < -0.4 is 10.1 Å². The summed E-state index contributed by atoms with van der Waals surface area (Å²) in [5.74, 6) is 0.647. The third-order valence-corrected chi connectivity index (χ3v) is 4.11. The Morgan fingerprint density at radius 2 is 2.14 bits per heavy atom. The fourth-order valence-electron chi connectivity index (χ4n) is 2.46. The van der Waals surface area contributed by atoms with E-state index in [2.05, 4.69) is 10.2 Å². The van der Waals surface area contributed by atoms with Crippen molar-refractivity contribution < 1.29 is 14.3 Å². The van der Waals surface area contributed by atoms with Crippen molar-refractivity contribution in [3.63, 3.8) is 0 Å². The first-order valence-corrected chi connectivity index (χ1v) is 7.87. The minimum Gasteiger partial charge on any atom is -0.495 e. The summed E-state index contributed by atoms with van der Waals surface area (Å²) in [4.78, 5) is 14.3. The molecule has 1 fully saturated rings. The van der Waals surface area contributed by atoms with Crippen molar-refractivity contribution in [2.24, 2.45) is 0 Å². The molecular formula is C16H23ClN2O3. The Bertz CT molecular complexity index is 516. The van der Waals surface area contributed by atoms with E-state index in [4.69, 9.17) is 21.1 Å². The van der Waals surface area contributed by atoms with Crippen LogP contribution in [-0.4, -0.2) is 57.3 Å². The molecule has 0 radical (unpaired) electrons. The van der Waals surface area contributed by atoms with Gasteiger partial charge in [-0.25, -0.2) is 0 Å². The number of hydrogen-bond acceptors (Lipinski definition) is 4. The highest BCUT2D eigenvalue weighted by molar-refractivity contribution is 6.32. The molecule has 0 saturated carbocycles. The number of aryl methyl sites for hydroxylation is 1. The summed E-state index contributed by atoms with van der Waals surface area (Å²) < 4.78 is 10.5. The molecule has 122 valence electrons. The van der Waals surface area contributed by atoms with Gasteiger partial charge in [0, 0.05) is 26.2 Å². The van der Waals surface area contributed by atoms with Crippen molar-refractivity contribution in [3.8, 4) is 5.75 Å². The highest BCUT2D eigenvalue weighted by Gasteiger charge is 2.12. The van der Waals surface area contributed by atoms with E-state index in [0.717, 1.165) is 44.0 Å². The molecule has 0 spiro atoms.